The van der Waals surface area contributed by atoms with Crippen LogP contribution in [0, 0.1) is 0 Å². The van der Waals surface area contributed by atoms with Crippen molar-refractivity contribution < 1.29 is 44.9 Å². The van der Waals surface area contributed by atoms with E-state index in [0.717, 1.165) is 44.9 Å². The standard InChI is InChI=1S/C63H123NO9/c1-3-5-7-9-11-13-15-17-19-21-22-23-24-25-26-27-28-29-30-31-32-33-34-35-36-38-40-42-44-46-48-50-52-57(67)62(71)64-55(54-72-63-61(70)60(69)59(68)58(53-65)73-63)56(66)51-49-47-45-43-41-39-37-20-18-16-14-12-10-8-6-4-2/h49,51,55-61,63,65-70H,3-48,50,52-54H2,1-2H3,(H,64,71)/b51-49+. The van der Waals surface area contributed by atoms with Crippen molar-refractivity contribution >= 4 is 5.91 Å². The lowest BCUT2D eigenvalue weighted by atomic mass is 9.99. The molecule has 7 N–H and O–H groups in total. The molecule has 1 aliphatic heterocycles. The molecule has 1 amide bonds. The summed E-state index contributed by atoms with van der Waals surface area (Å²) in [7, 11) is 0. The van der Waals surface area contributed by atoms with Gasteiger partial charge < -0.3 is 45.4 Å². The molecular weight excluding hydrogens is 915 g/mol. The maximum Gasteiger partial charge on any atom is 0.249 e. The molecule has 8 atom stereocenters. The zero-order valence-electron chi connectivity index (χ0n) is 48.0. The minimum absolute atomic E-state index is 0.300. The summed E-state index contributed by atoms with van der Waals surface area (Å²) in [6.07, 6.45) is 56.3. The first-order chi connectivity index (χ1) is 35.8. The fourth-order valence-electron chi connectivity index (χ4n) is 10.6. The van der Waals surface area contributed by atoms with Gasteiger partial charge in [-0.25, -0.2) is 0 Å². The highest BCUT2D eigenvalue weighted by Crippen LogP contribution is 2.23. The van der Waals surface area contributed by atoms with E-state index in [-0.39, 0.29) is 6.61 Å². The lowest BCUT2D eigenvalue weighted by molar-refractivity contribution is -0.302. The lowest BCUT2D eigenvalue weighted by Gasteiger charge is -2.40. The number of unbranched alkanes of at least 4 members (excludes halogenated alkanes) is 45. The average Bonchev–Trinajstić information content (AvgIpc) is 3.39. The highest BCUT2D eigenvalue weighted by Gasteiger charge is 2.44. The number of aliphatic hydroxyl groups excluding tert-OH is 6. The molecule has 0 aromatic carbocycles. The Morgan fingerprint density at radius 2 is 0.781 bits per heavy atom. The Balaban J connectivity index is 2.14. The van der Waals surface area contributed by atoms with Gasteiger partial charge in [0.15, 0.2) is 6.29 Å². The van der Waals surface area contributed by atoms with E-state index in [1.165, 1.54) is 257 Å². The first-order valence-electron chi connectivity index (χ1n) is 32.0. The predicted molar refractivity (Wildman–Crippen MR) is 306 cm³/mol. The maximum atomic E-state index is 13.2. The van der Waals surface area contributed by atoms with Gasteiger partial charge in [-0.2, -0.15) is 0 Å². The van der Waals surface area contributed by atoms with Gasteiger partial charge in [-0.15, -0.1) is 0 Å². The van der Waals surface area contributed by atoms with Crippen LogP contribution in [0.5, 0.6) is 0 Å². The van der Waals surface area contributed by atoms with Crippen LogP contribution in [-0.2, 0) is 14.3 Å². The zero-order chi connectivity index (χ0) is 53.1. The van der Waals surface area contributed by atoms with Crippen molar-refractivity contribution in [1.82, 2.24) is 5.32 Å². The number of rotatable bonds is 56. The van der Waals surface area contributed by atoms with Crippen molar-refractivity contribution in [3.63, 3.8) is 0 Å². The second-order valence-corrected chi connectivity index (χ2v) is 22.7. The van der Waals surface area contributed by atoms with Crippen LogP contribution in [0.2, 0.25) is 0 Å². The molecule has 0 radical (unpaired) electrons. The van der Waals surface area contributed by atoms with Crippen molar-refractivity contribution in [2.24, 2.45) is 0 Å². The molecule has 1 heterocycles. The molecule has 1 aliphatic rings. The third-order valence-electron chi connectivity index (χ3n) is 15.7. The maximum absolute atomic E-state index is 13.2. The van der Waals surface area contributed by atoms with Crippen LogP contribution in [0.4, 0.5) is 0 Å². The van der Waals surface area contributed by atoms with Crippen molar-refractivity contribution in [3.05, 3.63) is 12.2 Å². The topological polar surface area (TPSA) is 169 Å². The summed E-state index contributed by atoms with van der Waals surface area (Å²) in [6.45, 7) is 3.66. The number of carbonyl (C=O) groups excluding carboxylic acids is 1. The highest BCUT2D eigenvalue weighted by atomic mass is 16.7. The number of hydrogen-bond donors (Lipinski definition) is 7. The molecule has 0 spiro atoms. The summed E-state index contributed by atoms with van der Waals surface area (Å²) in [6, 6.07) is -0.977. The molecule has 0 bridgehead atoms. The third-order valence-corrected chi connectivity index (χ3v) is 15.7. The number of carbonyl (C=O) groups is 1. The Morgan fingerprint density at radius 1 is 0.466 bits per heavy atom. The summed E-state index contributed by atoms with van der Waals surface area (Å²) in [5.41, 5.74) is 0. The van der Waals surface area contributed by atoms with Crippen LogP contribution in [0.1, 0.15) is 322 Å². The summed E-state index contributed by atoms with van der Waals surface area (Å²) < 4.78 is 11.2. The zero-order valence-corrected chi connectivity index (χ0v) is 48.0. The summed E-state index contributed by atoms with van der Waals surface area (Å²) in [4.78, 5) is 13.2. The van der Waals surface area contributed by atoms with E-state index in [2.05, 4.69) is 19.2 Å². The lowest BCUT2D eigenvalue weighted by Crippen LogP contribution is -2.60. The van der Waals surface area contributed by atoms with E-state index in [0.29, 0.717) is 6.42 Å². The molecule has 434 valence electrons. The second kappa shape index (κ2) is 52.9. The summed E-state index contributed by atoms with van der Waals surface area (Å²) >= 11 is 0. The summed E-state index contributed by atoms with van der Waals surface area (Å²) in [5, 5.41) is 65.1. The Kier molecular flexibility index (Phi) is 50.7. The predicted octanol–water partition coefficient (Wildman–Crippen LogP) is 15.3. The highest BCUT2D eigenvalue weighted by molar-refractivity contribution is 5.80. The monoisotopic (exact) mass is 1040 g/mol. The third kappa shape index (κ3) is 41.6. The molecule has 10 nitrogen and oxygen atoms in total. The van der Waals surface area contributed by atoms with Crippen LogP contribution in [0.15, 0.2) is 12.2 Å². The number of ether oxygens (including phenoxy) is 2. The van der Waals surface area contributed by atoms with Gasteiger partial charge >= 0.3 is 0 Å². The number of amides is 1. The Morgan fingerprint density at radius 3 is 1.11 bits per heavy atom. The van der Waals surface area contributed by atoms with Crippen molar-refractivity contribution in [3.8, 4) is 0 Å². The summed E-state index contributed by atoms with van der Waals surface area (Å²) in [5.74, 6) is -0.609. The van der Waals surface area contributed by atoms with Crippen LogP contribution in [0.3, 0.4) is 0 Å². The molecular formula is C63H123NO9. The van der Waals surface area contributed by atoms with Gasteiger partial charge in [0.2, 0.25) is 5.91 Å². The molecule has 1 fully saturated rings. The van der Waals surface area contributed by atoms with E-state index in [4.69, 9.17) is 9.47 Å². The van der Waals surface area contributed by atoms with Crippen LogP contribution >= 0.6 is 0 Å². The second-order valence-electron chi connectivity index (χ2n) is 22.7. The fourth-order valence-corrected chi connectivity index (χ4v) is 10.6. The van der Waals surface area contributed by atoms with E-state index in [9.17, 15) is 35.4 Å². The molecule has 73 heavy (non-hydrogen) atoms. The van der Waals surface area contributed by atoms with Gasteiger partial charge in [-0.3, -0.25) is 4.79 Å². The number of allylic oxidation sites excluding steroid dienone is 1. The quantitative estimate of drug-likeness (QED) is 0.0232. The van der Waals surface area contributed by atoms with E-state index in [1.54, 1.807) is 6.08 Å². The molecule has 1 saturated heterocycles. The van der Waals surface area contributed by atoms with Gasteiger partial charge in [0.25, 0.3) is 0 Å². The van der Waals surface area contributed by atoms with E-state index in [1.807, 2.05) is 6.08 Å². The molecule has 8 unspecified atom stereocenters. The normalized spacial score (nSPS) is 19.5. The molecule has 0 aromatic heterocycles. The van der Waals surface area contributed by atoms with Crippen LogP contribution in [-0.4, -0.2) is 98.7 Å². The van der Waals surface area contributed by atoms with Crippen LogP contribution in [0.25, 0.3) is 0 Å². The molecule has 0 aromatic rings. The minimum atomic E-state index is -1.61. The number of aliphatic hydroxyl groups is 6. The van der Waals surface area contributed by atoms with E-state index < -0.39 is 61.5 Å². The fraction of sp³-hybridized carbons (Fsp3) is 0.952. The number of nitrogens with one attached hydrogen (secondary N) is 1. The molecule has 0 aliphatic carbocycles. The molecule has 0 saturated carbocycles. The minimum Gasteiger partial charge on any atom is -0.394 e. The van der Waals surface area contributed by atoms with E-state index >= 15 is 0 Å². The Hall–Kier alpha value is -1.11. The Labute approximate surface area is 450 Å². The largest absolute Gasteiger partial charge is 0.394 e. The van der Waals surface area contributed by atoms with Crippen LogP contribution < -0.4 is 5.32 Å². The van der Waals surface area contributed by atoms with Gasteiger partial charge in [0.1, 0.15) is 30.5 Å². The number of hydrogen-bond acceptors (Lipinski definition) is 9. The first kappa shape index (κ1) is 69.9. The molecule has 1 rings (SSSR count). The van der Waals surface area contributed by atoms with Gasteiger partial charge in [0, 0.05) is 0 Å². The molecule has 10 heteroatoms. The smallest absolute Gasteiger partial charge is 0.249 e. The Bertz CT molecular complexity index is 1170. The van der Waals surface area contributed by atoms with Gasteiger partial charge in [-0.1, -0.05) is 315 Å². The van der Waals surface area contributed by atoms with Crippen molar-refractivity contribution in [2.75, 3.05) is 13.2 Å². The van der Waals surface area contributed by atoms with Crippen molar-refractivity contribution in [2.45, 2.75) is 371 Å². The van der Waals surface area contributed by atoms with Crippen molar-refractivity contribution in [1.29, 1.82) is 0 Å². The van der Waals surface area contributed by atoms with Gasteiger partial charge in [-0.05, 0) is 19.3 Å². The average molecular weight is 1040 g/mol. The SMILES string of the molecule is CCCCCCCCCCCCCCCC/C=C/C(O)C(COC1OC(CO)C(O)C(O)C1O)NC(=O)C(O)CCCCCCCCCCCCCCCCCCCCCCCCCCCCCCCCCC. The first-order valence-corrected chi connectivity index (χ1v) is 32.0. The van der Waals surface area contributed by atoms with Gasteiger partial charge in [0.05, 0.1) is 25.4 Å².